The van der Waals surface area contributed by atoms with Gasteiger partial charge < -0.3 is 24.8 Å². The van der Waals surface area contributed by atoms with Gasteiger partial charge in [-0.3, -0.25) is 6.08 Å². The zero-order valence-electron chi connectivity index (χ0n) is 13.7. The molecule has 0 aromatic heterocycles. The molecule has 2 aliphatic carbocycles. The molecule has 4 rings (SSSR count). The molecule has 0 amide bonds. The summed E-state index contributed by atoms with van der Waals surface area (Å²) in [4.78, 5) is 1.41. The smallest absolute Gasteiger partial charge is 1.00 e. The molecule has 0 fully saturated rings. The van der Waals surface area contributed by atoms with E-state index in [0.717, 1.165) is 6.42 Å². The maximum absolute atomic E-state index is 3.75. The summed E-state index contributed by atoms with van der Waals surface area (Å²) in [5.41, 5.74) is 3.92. The minimum absolute atomic E-state index is 0. The van der Waals surface area contributed by atoms with Crippen LogP contribution in [0.25, 0.3) is 11.6 Å². The van der Waals surface area contributed by atoms with Crippen molar-refractivity contribution >= 4 is 39.3 Å². The molecule has 1 heterocycles. The Labute approximate surface area is 188 Å². The first kappa shape index (κ1) is 24.5. The van der Waals surface area contributed by atoms with Gasteiger partial charge in [0.15, 0.2) is 0 Å². The van der Waals surface area contributed by atoms with Crippen molar-refractivity contribution < 1.29 is 51.0 Å². The van der Waals surface area contributed by atoms with Crippen LogP contribution in [0.1, 0.15) is 32.8 Å². The third-order valence-corrected chi connectivity index (χ3v) is 5.92. The Kier molecular flexibility index (Phi) is 10.8. The Bertz CT molecular complexity index is 800. The van der Waals surface area contributed by atoms with Crippen molar-refractivity contribution in [3.63, 3.8) is 0 Å². The Morgan fingerprint density at radius 2 is 1.96 bits per heavy atom. The summed E-state index contributed by atoms with van der Waals surface area (Å²) < 4.78 is 1.22. The number of allylic oxidation sites excluding steroid dienone is 5. The molecular formula is C19H17BrCl2SZr. The van der Waals surface area contributed by atoms with Gasteiger partial charge in [-0.15, -0.1) is 56.5 Å². The molecule has 5 heteroatoms. The van der Waals surface area contributed by atoms with Gasteiger partial charge in [0.25, 0.3) is 0 Å². The Morgan fingerprint density at radius 1 is 1.25 bits per heavy atom. The quantitative estimate of drug-likeness (QED) is 0.370. The van der Waals surface area contributed by atoms with E-state index in [1.807, 2.05) is 23.9 Å². The maximum atomic E-state index is 3.75. The van der Waals surface area contributed by atoms with Crippen molar-refractivity contribution in [1.82, 2.24) is 0 Å². The summed E-state index contributed by atoms with van der Waals surface area (Å²) in [6.07, 6.45) is 15.6. The molecule has 1 atom stereocenters. The molecule has 0 spiro atoms. The van der Waals surface area contributed by atoms with Crippen molar-refractivity contribution in [3.05, 3.63) is 62.5 Å². The molecule has 0 saturated heterocycles. The van der Waals surface area contributed by atoms with Gasteiger partial charge in [-0.25, -0.2) is 12.2 Å². The SMILES string of the molecule is CC1=[C-]c2c(Br)c3c(cc2=C1)SC(C)C=3C.[C-]1=CC=CC1.[Cl-].[Cl-].[Zr+4]. The second-order valence-electron chi connectivity index (χ2n) is 5.43. The molecule has 1 aromatic rings. The summed E-state index contributed by atoms with van der Waals surface area (Å²) in [6, 6.07) is 2.30. The standard InChI is InChI=1S/C14H12BrS.C5H5.2ClH.Zr/c1-7-4-10-6-12-13(8(2)9(3)16-12)14(15)11(10)5-7;1-2-4-5-3-1;;;/h4,6,9H,1-3H3;1-3H,4H2;2*1H;/q2*-1;;;+4/p-2. The largest absolute Gasteiger partial charge is 4.00 e. The number of thioether (sulfide) groups is 1. The first-order valence-electron chi connectivity index (χ1n) is 7.12. The molecule has 0 N–H and O–H groups in total. The van der Waals surface area contributed by atoms with Gasteiger partial charge >= 0.3 is 26.2 Å². The van der Waals surface area contributed by atoms with E-state index in [0.29, 0.717) is 5.25 Å². The third-order valence-electron chi connectivity index (χ3n) is 3.85. The van der Waals surface area contributed by atoms with Crippen LogP contribution < -0.4 is 35.3 Å². The molecule has 1 aromatic carbocycles. The summed E-state index contributed by atoms with van der Waals surface area (Å²) in [5.74, 6) is 0. The fourth-order valence-corrected chi connectivity index (χ4v) is 4.87. The van der Waals surface area contributed by atoms with Crippen molar-refractivity contribution in [2.24, 2.45) is 0 Å². The van der Waals surface area contributed by atoms with Crippen LogP contribution in [0.3, 0.4) is 0 Å². The summed E-state index contributed by atoms with van der Waals surface area (Å²) >= 11 is 5.71. The van der Waals surface area contributed by atoms with Crippen LogP contribution in [-0.4, -0.2) is 5.25 Å². The minimum atomic E-state index is 0. The van der Waals surface area contributed by atoms with Gasteiger partial charge in [-0.2, -0.15) is 12.2 Å². The molecule has 0 bridgehead atoms. The van der Waals surface area contributed by atoms with E-state index in [1.165, 1.54) is 36.5 Å². The van der Waals surface area contributed by atoms with Crippen LogP contribution in [0.2, 0.25) is 0 Å². The zero-order valence-corrected chi connectivity index (χ0v) is 20.1. The van der Waals surface area contributed by atoms with Crippen LogP contribution in [0.5, 0.6) is 0 Å². The van der Waals surface area contributed by atoms with Crippen molar-refractivity contribution in [3.8, 4) is 0 Å². The van der Waals surface area contributed by atoms with Crippen molar-refractivity contribution in [2.75, 3.05) is 0 Å². The van der Waals surface area contributed by atoms with Gasteiger partial charge in [-0.05, 0) is 28.4 Å². The van der Waals surface area contributed by atoms with E-state index in [1.54, 1.807) is 0 Å². The number of hydrogen-bond donors (Lipinski definition) is 0. The second-order valence-corrected chi connectivity index (χ2v) is 7.60. The molecule has 3 aliphatic rings. The van der Waals surface area contributed by atoms with Gasteiger partial charge in [0.2, 0.25) is 0 Å². The van der Waals surface area contributed by atoms with Gasteiger partial charge in [-0.1, -0.05) is 18.6 Å². The topological polar surface area (TPSA) is 0 Å². The Hall–Kier alpha value is 0.473. The number of hydrogen-bond acceptors (Lipinski definition) is 1. The van der Waals surface area contributed by atoms with Crippen LogP contribution in [0, 0.1) is 12.2 Å². The molecule has 0 saturated carbocycles. The van der Waals surface area contributed by atoms with Gasteiger partial charge in [0, 0.05) is 5.25 Å². The average Bonchev–Trinajstić information content (AvgIpc) is 3.14. The molecule has 1 unspecified atom stereocenters. The predicted octanol–water partition coefficient (Wildman–Crippen LogP) is -1.68. The molecule has 0 radical (unpaired) electrons. The van der Waals surface area contributed by atoms with E-state index in [2.05, 4.69) is 67.1 Å². The van der Waals surface area contributed by atoms with E-state index < -0.39 is 0 Å². The molecule has 1 aliphatic heterocycles. The molecule has 124 valence electrons. The first-order valence-corrected chi connectivity index (χ1v) is 8.79. The molecule has 24 heavy (non-hydrogen) atoms. The van der Waals surface area contributed by atoms with Crippen LogP contribution >= 0.6 is 27.7 Å². The monoisotopic (exact) mass is 516 g/mol. The summed E-state index contributed by atoms with van der Waals surface area (Å²) in [6.45, 7) is 6.60. The van der Waals surface area contributed by atoms with Crippen molar-refractivity contribution in [2.45, 2.75) is 37.3 Å². The van der Waals surface area contributed by atoms with Crippen molar-refractivity contribution in [1.29, 1.82) is 0 Å². The van der Waals surface area contributed by atoms with Crippen LogP contribution in [-0.2, 0) is 26.2 Å². The van der Waals surface area contributed by atoms with E-state index in [4.69, 9.17) is 0 Å². The van der Waals surface area contributed by atoms with Crippen LogP contribution in [0.15, 0.2) is 39.2 Å². The number of fused-ring (bicyclic) bond motifs is 2. The fraction of sp³-hybridized carbons (Fsp3) is 0.263. The summed E-state index contributed by atoms with van der Waals surface area (Å²) in [7, 11) is 0. The van der Waals surface area contributed by atoms with Gasteiger partial charge in [0.1, 0.15) is 0 Å². The minimum Gasteiger partial charge on any atom is -1.00 e. The molecular weight excluding hydrogens is 502 g/mol. The number of halogens is 3. The van der Waals surface area contributed by atoms with E-state index >= 15 is 0 Å². The third kappa shape index (κ3) is 5.01. The second kappa shape index (κ2) is 10.6. The van der Waals surface area contributed by atoms with Crippen LogP contribution in [0.4, 0.5) is 0 Å². The van der Waals surface area contributed by atoms with Gasteiger partial charge in [0.05, 0.1) is 0 Å². The normalized spacial score (nSPS) is 18.1. The zero-order chi connectivity index (χ0) is 15.0. The first-order chi connectivity index (χ1) is 10.1. The Morgan fingerprint density at radius 3 is 2.50 bits per heavy atom. The number of benzene rings is 1. The molecule has 0 nitrogen and oxygen atoms in total. The Balaban J connectivity index is 0.000000578. The van der Waals surface area contributed by atoms with E-state index in [-0.39, 0.29) is 51.0 Å². The number of rotatable bonds is 0. The fourth-order valence-electron chi connectivity index (χ4n) is 2.64. The predicted molar refractivity (Wildman–Crippen MR) is 95.4 cm³/mol. The van der Waals surface area contributed by atoms with E-state index in [9.17, 15) is 0 Å². The summed E-state index contributed by atoms with van der Waals surface area (Å²) in [5, 5.41) is 3.29. The average molecular weight is 519 g/mol. The maximum Gasteiger partial charge on any atom is 4.00 e.